The lowest BCUT2D eigenvalue weighted by Gasteiger charge is -2.40. The van der Waals surface area contributed by atoms with E-state index in [2.05, 4.69) is 16.0 Å². The first kappa shape index (κ1) is 13.5. The van der Waals surface area contributed by atoms with E-state index in [0.717, 1.165) is 37.4 Å². The number of aromatic amines is 1. The Labute approximate surface area is 129 Å². The largest absolute Gasteiger partial charge is 0.504 e. The maximum absolute atomic E-state index is 9.99. The SMILES string of the molecule is COc1cc2c([nH]1)[C@@H]1Cc3ccc(O)c(OC)c3CN1CC2. The molecule has 0 bridgehead atoms. The molecule has 0 fully saturated rings. The lowest BCUT2D eigenvalue weighted by molar-refractivity contribution is 0.154. The van der Waals surface area contributed by atoms with Gasteiger partial charge < -0.3 is 19.6 Å². The molecule has 0 radical (unpaired) electrons. The van der Waals surface area contributed by atoms with Gasteiger partial charge in [0.25, 0.3) is 0 Å². The first-order chi connectivity index (χ1) is 10.7. The zero-order valence-corrected chi connectivity index (χ0v) is 12.8. The molecule has 0 spiro atoms. The molecule has 2 N–H and O–H groups in total. The number of aromatic nitrogens is 1. The minimum absolute atomic E-state index is 0.221. The fourth-order valence-electron chi connectivity index (χ4n) is 3.78. The minimum Gasteiger partial charge on any atom is -0.504 e. The monoisotopic (exact) mass is 300 g/mol. The average Bonchev–Trinajstić information content (AvgIpc) is 2.97. The molecule has 4 rings (SSSR count). The number of methoxy groups -OCH3 is 2. The van der Waals surface area contributed by atoms with Crippen LogP contribution in [0.1, 0.15) is 28.4 Å². The molecule has 0 aliphatic carbocycles. The van der Waals surface area contributed by atoms with Crippen molar-refractivity contribution in [3.8, 4) is 17.4 Å². The van der Waals surface area contributed by atoms with Crippen molar-refractivity contribution in [2.45, 2.75) is 25.4 Å². The Morgan fingerprint density at radius 3 is 2.86 bits per heavy atom. The molecule has 1 atom stereocenters. The number of H-pyrrole nitrogens is 1. The Hall–Kier alpha value is -2.14. The number of ether oxygens (including phenoxy) is 2. The number of rotatable bonds is 2. The van der Waals surface area contributed by atoms with Crippen LogP contribution in [0.25, 0.3) is 0 Å². The van der Waals surface area contributed by atoms with Gasteiger partial charge in [0, 0.05) is 30.4 Å². The Kier molecular flexibility index (Phi) is 3.04. The summed E-state index contributed by atoms with van der Waals surface area (Å²) in [5.41, 5.74) is 4.98. The van der Waals surface area contributed by atoms with Crippen LogP contribution in [-0.4, -0.2) is 35.8 Å². The summed E-state index contributed by atoms with van der Waals surface area (Å²) >= 11 is 0. The molecule has 22 heavy (non-hydrogen) atoms. The van der Waals surface area contributed by atoms with Crippen LogP contribution in [0.15, 0.2) is 18.2 Å². The highest BCUT2D eigenvalue weighted by Crippen LogP contribution is 2.43. The third kappa shape index (κ3) is 1.89. The predicted molar refractivity (Wildman–Crippen MR) is 82.6 cm³/mol. The number of nitrogens with zero attached hydrogens (tertiary/aromatic N) is 1. The Morgan fingerprint density at radius 1 is 1.23 bits per heavy atom. The van der Waals surface area contributed by atoms with Crippen LogP contribution in [0, 0.1) is 0 Å². The summed E-state index contributed by atoms with van der Waals surface area (Å²) in [5, 5.41) is 9.99. The highest BCUT2D eigenvalue weighted by Gasteiger charge is 2.35. The lowest BCUT2D eigenvalue weighted by atomic mass is 9.87. The first-order valence-electron chi connectivity index (χ1n) is 7.58. The maximum atomic E-state index is 9.99. The van der Waals surface area contributed by atoms with Crippen molar-refractivity contribution in [2.75, 3.05) is 20.8 Å². The molecule has 2 aliphatic rings. The molecular formula is C17H20N2O3. The van der Waals surface area contributed by atoms with Gasteiger partial charge in [-0.15, -0.1) is 0 Å². The predicted octanol–water partition coefficient (Wildman–Crippen LogP) is 2.39. The zero-order valence-electron chi connectivity index (χ0n) is 12.8. The number of aromatic hydroxyl groups is 1. The van der Waals surface area contributed by atoms with Crippen molar-refractivity contribution in [2.24, 2.45) is 0 Å². The number of nitrogens with one attached hydrogen (secondary N) is 1. The van der Waals surface area contributed by atoms with Crippen LogP contribution in [0.5, 0.6) is 17.4 Å². The number of phenols is 1. The van der Waals surface area contributed by atoms with Crippen LogP contribution in [-0.2, 0) is 19.4 Å². The molecule has 0 saturated carbocycles. The minimum atomic E-state index is 0.221. The van der Waals surface area contributed by atoms with E-state index < -0.39 is 0 Å². The Balaban J connectivity index is 1.76. The molecular weight excluding hydrogens is 280 g/mol. The molecule has 2 aliphatic heterocycles. The van der Waals surface area contributed by atoms with Gasteiger partial charge in [0.05, 0.1) is 20.3 Å². The van der Waals surface area contributed by atoms with Gasteiger partial charge in [0.2, 0.25) is 0 Å². The van der Waals surface area contributed by atoms with Crippen LogP contribution in [0.2, 0.25) is 0 Å². The lowest BCUT2D eigenvalue weighted by Crippen LogP contribution is -2.39. The number of hydrogen-bond donors (Lipinski definition) is 2. The standard InChI is InChI=1S/C17H20N2O3/c1-21-15-8-11-5-6-19-9-12-10(7-13(19)16(11)18-15)3-4-14(20)17(12)22-2/h3-4,8,13,18,20H,5-7,9H2,1-2H3/t13-/m0/s1. The molecule has 1 aromatic heterocycles. The summed E-state index contributed by atoms with van der Waals surface area (Å²) in [5.74, 6) is 1.67. The van der Waals surface area contributed by atoms with E-state index in [-0.39, 0.29) is 5.75 Å². The van der Waals surface area contributed by atoms with Crippen LogP contribution >= 0.6 is 0 Å². The molecule has 0 saturated heterocycles. The molecule has 2 aromatic rings. The number of hydrogen-bond acceptors (Lipinski definition) is 4. The van der Waals surface area contributed by atoms with Crippen molar-refractivity contribution in [3.05, 3.63) is 40.6 Å². The summed E-state index contributed by atoms with van der Waals surface area (Å²) in [6.45, 7) is 1.81. The summed E-state index contributed by atoms with van der Waals surface area (Å²) in [7, 11) is 3.31. The van der Waals surface area contributed by atoms with Crippen molar-refractivity contribution in [1.82, 2.24) is 9.88 Å². The van der Waals surface area contributed by atoms with Gasteiger partial charge in [0.1, 0.15) is 0 Å². The van der Waals surface area contributed by atoms with E-state index in [4.69, 9.17) is 9.47 Å². The second-order valence-electron chi connectivity index (χ2n) is 5.97. The third-order valence-electron chi connectivity index (χ3n) is 4.89. The first-order valence-corrected chi connectivity index (χ1v) is 7.58. The van der Waals surface area contributed by atoms with Gasteiger partial charge in [-0.05, 0) is 30.0 Å². The quantitative estimate of drug-likeness (QED) is 0.894. The van der Waals surface area contributed by atoms with Crippen LogP contribution < -0.4 is 9.47 Å². The van der Waals surface area contributed by atoms with Crippen molar-refractivity contribution in [1.29, 1.82) is 0 Å². The summed E-state index contributed by atoms with van der Waals surface area (Å²) in [6, 6.07) is 6.19. The maximum Gasteiger partial charge on any atom is 0.190 e. The van der Waals surface area contributed by atoms with Crippen molar-refractivity contribution < 1.29 is 14.6 Å². The van der Waals surface area contributed by atoms with E-state index >= 15 is 0 Å². The Morgan fingerprint density at radius 2 is 2.09 bits per heavy atom. The second kappa shape index (κ2) is 4.95. The van der Waals surface area contributed by atoms with Gasteiger partial charge in [0.15, 0.2) is 17.4 Å². The molecule has 0 amide bonds. The highest BCUT2D eigenvalue weighted by molar-refractivity contribution is 5.52. The Bertz CT molecular complexity index is 723. The normalized spacial score (nSPS) is 20.0. The fourth-order valence-corrected chi connectivity index (χ4v) is 3.78. The number of fused-ring (bicyclic) bond motifs is 4. The summed E-state index contributed by atoms with van der Waals surface area (Å²) < 4.78 is 10.8. The molecule has 5 nitrogen and oxygen atoms in total. The van der Waals surface area contributed by atoms with E-state index in [1.165, 1.54) is 16.8 Å². The van der Waals surface area contributed by atoms with Gasteiger partial charge >= 0.3 is 0 Å². The second-order valence-corrected chi connectivity index (χ2v) is 5.97. The van der Waals surface area contributed by atoms with Crippen molar-refractivity contribution >= 4 is 0 Å². The van der Waals surface area contributed by atoms with Gasteiger partial charge in [-0.1, -0.05) is 6.07 Å². The number of benzene rings is 1. The van der Waals surface area contributed by atoms with E-state index in [0.29, 0.717) is 11.8 Å². The van der Waals surface area contributed by atoms with E-state index in [1.807, 2.05) is 6.07 Å². The third-order valence-corrected chi connectivity index (χ3v) is 4.89. The molecule has 1 aromatic carbocycles. The van der Waals surface area contributed by atoms with Gasteiger partial charge in [-0.2, -0.15) is 0 Å². The van der Waals surface area contributed by atoms with E-state index in [9.17, 15) is 5.11 Å². The summed E-state index contributed by atoms with van der Waals surface area (Å²) in [6.07, 6.45) is 1.94. The molecule has 3 heterocycles. The summed E-state index contributed by atoms with van der Waals surface area (Å²) in [4.78, 5) is 5.86. The molecule has 5 heteroatoms. The van der Waals surface area contributed by atoms with Gasteiger partial charge in [-0.25, -0.2) is 0 Å². The number of phenolic OH excluding ortho intramolecular Hbond substituents is 1. The molecule has 0 unspecified atom stereocenters. The van der Waals surface area contributed by atoms with E-state index in [1.54, 1.807) is 20.3 Å². The van der Waals surface area contributed by atoms with Crippen molar-refractivity contribution in [3.63, 3.8) is 0 Å². The van der Waals surface area contributed by atoms with Gasteiger partial charge in [-0.3, -0.25) is 4.90 Å². The smallest absolute Gasteiger partial charge is 0.190 e. The molecule has 116 valence electrons. The zero-order chi connectivity index (χ0) is 15.3. The fraction of sp³-hybridized carbons (Fsp3) is 0.412. The van der Waals surface area contributed by atoms with Crippen LogP contribution in [0.4, 0.5) is 0 Å². The topological polar surface area (TPSA) is 57.7 Å². The van der Waals surface area contributed by atoms with Crippen LogP contribution in [0.3, 0.4) is 0 Å². The average molecular weight is 300 g/mol. The highest BCUT2D eigenvalue weighted by atomic mass is 16.5.